The van der Waals surface area contributed by atoms with Gasteiger partial charge in [0.25, 0.3) is 11.8 Å². The maximum absolute atomic E-state index is 11.8. The topological polar surface area (TPSA) is 114 Å². The van der Waals surface area contributed by atoms with Crippen LogP contribution in [0, 0.1) is 0 Å². The molecule has 1 atom stereocenters. The third kappa shape index (κ3) is 4.73. The molecule has 2 heterocycles. The Hall–Kier alpha value is -3.03. The van der Waals surface area contributed by atoms with Gasteiger partial charge in [-0.3, -0.25) is 14.4 Å². The molecule has 3 amide bonds. The van der Waals surface area contributed by atoms with Crippen LogP contribution < -0.4 is 16.0 Å². The summed E-state index contributed by atoms with van der Waals surface area (Å²) in [6, 6.07) is 5.51. The standard InChI is InChI=1S/C15H17N3O5/c1-10(18-15(21)12-5-3-9-23-12)13(19)16-6-7-17-14(20)11-4-2-8-22-11/h2-5,8-10H,6-7H2,1H3,(H,16,19)(H,17,20)(H,18,21). The van der Waals surface area contributed by atoms with Crippen LogP contribution in [0.25, 0.3) is 0 Å². The maximum Gasteiger partial charge on any atom is 0.287 e. The summed E-state index contributed by atoms with van der Waals surface area (Å²) in [5.74, 6) is -0.852. The summed E-state index contributed by atoms with van der Waals surface area (Å²) in [5.41, 5.74) is 0. The lowest BCUT2D eigenvalue weighted by molar-refractivity contribution is -0.122. The van der Waals surface area contributed by atoms with Gasteiger partial charge in [-0.25, -0.2) is 0 Å². The normalized spacial score (nSPS) is 11.5. The Morgan fingerprint density at radius 1 is 0.957 bits per heavy atom. The van der Waals surface area contributed by atoms with E-state index >= 15 is 0 Å². The van der Waals surface area contributed by atoms with E-state index in [0.717, 1.165) is 0 Å². The number of amides is 3. The summed E-state index contributed by atoms with van der Waals surface area (Å²) in [4.78, 5) is 35.1. The fraction of sp³-hybridized carbons (Fsp3) is 0.267. The molecule has 0 aliphatic heterocycles. The molecule has 0 saturated heterocycles. The summed E-state index contributed by atoms with van der Waals surface area (Å²) in [6.07, 6.45) is 2.78. The molecule has 0 saturated carbocycles. The average molecular weight is 319 g/mol. The lowest BCUT2D eigenvalue weighted by atomic mass is 10.3. The van der Waals surface area contributed by atoms with Gasteiger partial charge >= 0.3 is 0 Å². The van der Waals surface area contributed by atoms with Crippen LogP contribution in [0.5, 0.6) is 0 Å². The Kier molecular flexibility index (Phi) is 5.56. The Balaban J connectivity index is 1.66. The monoisotopic (exact) mass is 319 g/mol. The fourth-order valence-electron chi connectivity index (χ4n) is 1.75. The molecule has 0 spiro atoms. The molecule has 0 aliphatic carbocycles. The molecule has 0 aliphatic rings. The molecule has 0 bridgehead atoms. The van der Waals surface area contributed by atoms with Crippen LogP contribution in [0.1, 0.15) is 28.0 Å². The van der Waals surface area contributed by atoms with E-state index in [1.54, 1.807) is 25.1 Å². The van der Waals surface area contributed by atoms with Gasteiger partial charge in [0.05, 0.1) is 12.5 Å². The van der Waals surface area contributed by atoms with Gasteiger partial charge < -0.3 is 24.8 Å². The lowest BCUT2D eigenvalue weighted by Gasteiger charge is -2.13. The van der Waals surface area contributed by atoms with Crippen molar-refractivity contribution < 1.29 is 23.2 Å². The summed E-state index contributed by atoms with van der Waals surface area (Å²) >= 11 is 0. The third-order valence-corrected chi connectivity index (χ3v) is 2.94. The van der Waals surface area contributed by atoms with Gasteiger partial charge in [0, 0.05) is 13.1 Å². The van der Waals surface area contributed by atoms with E-state index in [9.17, 15) is 14.4 Å². The van der Waals surface area contributed by atoms with E-state index in [-0.39, 0.29) is 36.4 Å². The van der Waals surface area contributed by atoms with Crippen LogP contribution in [-0.4, -0.2) is 36.9 Å². The van der Waals surface area contributed by atoms with E-state index in [1.165, 1.54) is 18.6 Å². The minimum absolute atomic E-state index is 0.135. The van der Waals surface area contributed by atoms with Crippen LogP contribution in [0.4, 0.5) is 0 Å². The predicted octanol–water partition coefficient (Wildman–Crippen LogP) is 0.537. The third-order valence-electron chi connectivity index (χ3n) is 2.94. The highest BCUT2D eigenvalue weighted by molar-refractivity contribution is 5.95. The van der Waals surface area contributed by atoms with Gasteiger partial charge in [0.1, 0.15) is 6.04 Å². The van der Waals surface area contributed by atoms with Gasteiger partial charge in [0.2, 0.25) is 5.91 Å². The second kappa shape index (κ2) is 7.83. The molecule has 122 valence electrons. The number of carbonyl (C=O) groups is 3. The molecule has 0 aromatic carbocycles. The summed E-state index contributed by atoms with van der Waals surface area (Å²) in [6.45, 7) is 2.02. The molecule has 2 aromatic rings. The number of nitrogens with one attached hydrogen (secondary N) is 3. The highest BCUT2D eigenvalue weighted by Crippen LogP contribution is 2.00. The first kappa shape index (κ1) is 16.3. The number of carbonyl (C=O) groups excluding carboxylic acids is 3. The minimum Gasteiger partial charge on any atom is -0.459 e. The molecule has 2 aromatic heterocycles. The first-order valence-corrected chi connectivity index (χ1v) is 7.01. The molecular weight excluding hydrogens is 302 g/mol. The van der Waals surface area contributed by atoms with Crippen molar-refractivity contribution in [2.45, 2.75) is 13.0 Å². The highest BCUT2D eigenvalue weighted by Gasteiger charge is 2.17. The number of hydrogen-bond acceptors (Lipinski definition) is 5. The van der Waals surface area contributed by atoms with Gasteiger partial charge in [-0.15, -0.1) is 0 Å². The number of hydrogen-bond donors (Lipinski definition) is 3. The predicted molar refractivity (Wildman–Crippen MR) is 79.7 cm³/mol. The van der Waals surface area contributed by atoms with Crippen molar-refractivity contribution in [3.05, 3.63) is 48.3 Å². The zero-order valence-electron chi connectivity index (χ0n) is 12.5. The average Bonchev–Trinajstić information content (AvgIpc) is 3.23. The Labute approximate surface area is 132 Å². The van der Waals surface area contributed by atoms with Crippen molar-refractivity contribution in [1.29, 1.82) is 0 Å². The molecule has 3 N–H and O–H groups in total. The first-order valence-electron chi connectivity index (χ1n) is 7.01. The van der Waals surface area contributed by atoms with Gasteiger partial charge in [0.15, 0.2) is 11.5 Å². The van der Waals surface area contributed by atoms with E-state index in [2.05, 4.69) is 16.0 Å². The van der Waals surface area contributed by atoms with Crippen LogP contribution in [0.2, 0.25) is 0 Å². The Morgan fingerprint density at radius 3 is 2.09 bits per heavy atom. The molecule has 2 rings (SSSR count). The molecule has 23 heavy (non-hydrogen) atoms. The number of furan rings is 2. The van der Waals surface area contributed by atoms with Crippen molar-refractivity contribution in [3.8, 4) is 0 Å². The SMILES string of the molecule is CC(NC(=O)c1ccco1)C(=O)NCCNC(=O)c1ccco1. The second-order valence-electron chi connectivity index (χ2n) is 4.70. The Bertz CT molecular complexity index is 649. The van der Waals surface area contributed by atoms with Crippen molar-refractivity contribution in [3.63, 3.8) is 0 Å². The number of rotatable bonds is 7. The van der Waals surface area contributed by atoms with Crippen LogP contribution in [-0.2, 0) is 4.79 Å². The largest absolute Gasteiger partial charge is 0.459 e. The summed E-state index contributed by atoms with van der Waals surface area (Å²) in [7, 11) is 0. The highest BCUT2D eigenvalue weighted by atomic mass is 16.3. The summed E-state index contributed by atoms with van der Waals surface area (Å²) in [5, 5.41) is 7.70. The molecule has 1 unspecified atom stereocenters. The maximum atomic E-state index is 11.8. The van der Waals surface area contributed by atoms with Crippen molar-refractivity contribution in [2.24, 2.45) is 0 Å². The molecule has 8 nitrogen and oxygen atoms in total. The molecule has 0 radical (unpaired) electrons. The van der Waals surface area contributed by atoms with Crippen molar-refractivity contribution >= 4 is 17.7 Å². The van der Waals surface area contributed by atoms with Crippen molar-refractivity contribution in [2.75, 3.05) is 13.1 Å². The van der Waals surface area contributed by atoms with E-state index in [1.807, 2.05) is 0 Å². The van der Waals surface area contributed by atoms with Crippen LogP contribution >= 0.6 is 0 Å². The summed E-state index contributed by atoms with van der Waals surface area (Å²) < 4.78 is 9.87. The van der Waals surface area contributed by atoms with Gasteiger partial charge in [-0.2, -0.15) is 0 Å². The second-order valence-corrected chi connectivity index (χ2v) is 4.70. The van der Waals surface area contributed by atoms with E-state index in [0.29, 0.717) is 0 Å². The van der Waals surface area contributed by atoms with Gasteiger partial charge in [-0.1, -0.05) is 0 Å². The van der Waals surface area contributed by atoms with E-state index < -0.39 is 11.9 Å². The van der Waals surface area contributed by atoms with Crippen LogP contribution in [0.3, 0.4) is 0 Å². The quantitative estimate of drug-likeness (QED) is 0.644. The molecule has 0 fully saturated rings. The van der Waals surface area contributed by atoms with E-state index in [4.69, 9.17) is 8.83 Å². The first-order chi connectivity index (χ1) is 11.1. The minimum atomic E-state index is -0.728. The Morgan fingerprint density at radius 2 is 1.52 bits per heavy atom. The zero-order valence-corrected chi connectivity index (χ0v) is 12.5. The van der Waals surface area contributed by atoms with Crippen molar-refractivity contribution in [1.82, 2.24) is 16.0 Å². The van der Waals surface area contributed by atoms with Crippen LogP contribution in [0.15, 0.2) is 45.6 Å². The molecular formula is C15H17N3O5. The zero-order chi connectivity index (χ0) is 16.7. The smallest absolute Gasteiger partial charge is 0.287 e. The van der Waals surface area contributed by atoms with Gasteiger partial charge in [-0.05, 0) is 31.2 Å². The lowest BCUT2D eigenvalue weighted by Crippen LogP contribution is -2.46. The fourth-order valence-corrected chi connectivity index (χ4v) is 1.75. The molecule has 8 heteroatoms.